The molecule has 160 valence electrons. The summed E-state index contributed by atoms with van der Waals surface area (Å²) in [6.07, 6.45) is 4.55. The first-order valence-electron chi connectivity index (χ1n) is 9.84. The Balaban J connectivity index is 1.76. The number of aliphatic imine (C=N–C) groups is 1. The number of nitrogens with one attached hydrogen (secondary N) is 1. The van der Waals surface area contributed by atoms with Crippen molar-refractivity contribution in [1.29, 1.82) is 5.26 Å². The summed E-state index contributed by atoms with van der Waals surface area (Å²) in [4.78, 5) is 11.3. The normalized spacial score (nSPS) is 19.1. The molecule has 0 aliphatic carbocycles. The molecule has 0 spiro atoms. The van der Waals surface area contributed by atoms with E-state index < -0.39 is 6.17 Å². The fourth-order valence-electron chi connectivity index (χ4n) is 3.82. The van der Waals surface area contributed by atoms with Gasteiger partial charge in [0.25, 0.3) is 0 Å². The highest BCUT2D eigenvalue weighted by Gasteiger charge is 2.35. The topological polar surface area (TPSA) is 81.6 Å². The van der Waals surface area contributed by atoms with Crippen LogP contribution in [0.15, 0.2) is 46.4 Å². The number of benzene rings is 1. The summed E-state index contributed by atoms with van der Waals surface area (Å²) >= 11 is 1.44. The molecule has 0 bridgehead atoms. The highest BCUT2D eigenvalue weighted by molar-refractivity contribution is 7.98. The maximum atomic E-state index is 14.5. The van der Waals surface area contributed by atoms with Gasteiger partial charge in [0, 0.05) is 17.9 Å². The number of hydrogen-bond donors (Lipinski definition) is 1. The molecule has 10 heteroatoms. The van der Waals surface area contributed by atoms with E-state index in [-0.39, 0.29) is 24.8 Å². The van der Waals surface area contributed by atoms with Gasteiger partial charge < -0.3 is 4.90 Å². The molecule has 1 aromatic carbocycles. The number of rotatable bonds is 5. The smallest absolute Gasteiger partial charge is 0.182 e. The molecular formula is C21H21F2N7S. The lowest BCUT2D eigenvalue weighted by atomic mass is 10.0. The molecule has 2 unspecified atom stereocenters. The van der Waals surface area contributed by atoms with Crippen molar-refractivity contribution >= 4 is 29.1 Å². The van der Waals surface area contributed by atoms with Crippen LogP contribution in [-0.4, -0.2) is 46.0 Å². The van der Waals surface area contributed by atoms with Gasteiger partial charge in [0.05, 0.1) is 18.8 Å². The summed E-state index contributed by atoms with van der Waals surface area (Å²) in [6.45, 7) is 2.50. The van der Waals surface area contributed by atoms with Gasteiger partial charge in [-0.2, -0.15) is 5.26 Å². The molecule has 1 saturated heterocycles. The van der Waals surface area contributed by atoms with E-state index in [1.54, 1.807) is 22.8 Å². The Morgan fingerprint density at radius 2 is 2.23 bits per heavy atom. The summed E-state index contributed by atoms with van der Waals surface area (Å²) in [5, 5.41) is 16.3. The number of hydrogen-bond acceptors (Lipinski definition) is 6. The quantitative estimate of drug-likeness (QED) is 0.214. The number of alkyl halides is 1. The molecule has 1 fully saturated rings. The van der Waals surface area contributed by atoms with E-state index in [0.717, 1.165) is 10.5 Å². The van der Waals surface area contributed by atoms with Gasteiger partial charge in [0.1, 0.15) is 23.5 Å². The standard InChI is InChI=1S/C21H21F2N7S/c1-3-25-21(27-12-24)18-10-26-19-4-5-20(28-30(18)19)29-11-15(23)9-17(29)13-6-14(22)8-16(7-13)31-2/h4-8,10,15,17H,3,9,11H2,1-2H3,(H,25,27). The summed E-state index contributed by atoms with van der Waals surface area (Å²) in [5.74, 6) is 0.560. The van der Waals surface area contributed by atoms with Crippen molar-refractivity contribution in [3.8, 4) is 6.19 Å². The van der Waals surface area contributed by atoms with Crippen LogP contribution in [0.25, 0.3) is 5.65 Å². The van der Waals surface area contributed by atoms with Gasteiger partial charge in [0.2, 0.25) is 0 Å². The number of aromatic nitrogens is 3. The molecule has 2 aromatic heterocycles. The number of anilines is 1. The predicted octanol–water partition coefficient (Wildman–Crippen LogP) is 3.72. The molecule has 3 heterocycles. The minimum atomic E-state index is -1.05. The van der Waals surface area contributed by atoms with Crippen LogP contribution in [-0.2, 0) is 0 Å². The Kier molecular flexibility index (Phi) is 6.04. The Hall–Kier alpha value is -3.19. The number of amidine groups is 1. The van der Waals surface area contributed by atoms with Crippen molar-refractivity contribution in [2.45, 2.75) is 30.5 Å². The number of thioether (sulfide) groups is 1. The third kappa shape index (κ3) is 4.18. The van der Waals surface area contributed by atoms with Crippen LogP contribution in [0.3, 0.4) is 0 Å². The molecule has 31 heavy (non-hydrogen) atoms. The number of nitrogens with zero attached hydrogens (tertiary/aromatic N) is 6. The van der Waals surface area contributed by atoms with Crippen molar-refractivity contribution in [2.75, 3.05) is 24.2 Å². The van der Waals surface area contributed by atoms with E-state index in [9.17, 15) is 8.78 Å². The molecule has 0 radical (unpaired) electrons. The fraction of sp³-hybridized carbons (Fsp3) is 0.333. The number of fused-ring (bicyclic) bond motifs is 1. The van der Waals surface area contributed by atoms with Crippen LogP contribution in [0.2, 0.25) is 0 Å². The van der Waals surface area contributed by atoms with E-state index in [2.05, 4.69) is 20.4 Å². The van der Waals surface area contributed by atoms with Gasteiger partial charge >= 0.3 is 0 Å². The van der Waals surface area contributed by atoms with Gasteiger partial charge in [-0.1, -0.05) is 0 Å². The first kappa shape index (κ1) is 21.1. The molecule has 0 amide bonds. The Morgan fingerprint density at radius 3 is 2.97 bits per heavy atom. The summed E-state index contributed by atoms with van der Waals surface area (Å²) in [6, 6.07) is 8.05. The van der Waals surface area contributed by atoms with E-state index in [1.165, 1.54) is 23.9 Å². The number of halogens is 2. The van der Waals surface area contributed by atoms with Gasteiger partial charge in [-0.3, -0.25) is 10.3 Å². The lowest BCUT2D eigenvalue weighted by Crippen LogP contribution is -2.26. The Labute approximate surface area is 182 Å². The van der Waals surface area contributed by atoms with Crippen LogP contribution in [0.4, 0.5) is 14.6 Å². The third-order valence-electron chi connectivity index (χ3n) is 5.14. The van der Waals surface area contributed by atoms with E-state index >= 15 is 0 Å². The highest BCUT2D eigenvalue weighted by Crippen LogP contribution is 2.38. The molecule has 2 atom stereocenters. The molecule has 1 N–H and O–H groups in total. The second-order valence-corrected chi connectivity index (χ2v) is 7.97. The monoisotopic (exact) mass is 441 g/mol. The van der Waals surface area contributed by atoms with E-state index in [0.29, 0.717) is 29.5 Å². The summed E-state index contributed by atoms with van der Waals surface area (Å²) in [5.41, 5.74) is 1.82. The van der Waals surface area contributed by atoms with Crippen LogP contribution in [0.1, 0.15) is 30.6 Å². The molecule has 1 aliphatic heterocycles. The molecular weight excluding hydrogens is 420 g/mol. The summed E-state index contributed by atoms with van der Waals surface area (Å²) in [7, 11) is 0. The van der Waals surface area contributed by atoms with Gasteiger partial charge in [-0.15, -0.1) is 16.9 Å². The molecule has 1 aliphatic rings. The number of imidazole rings is 1. The van der Waals surface area contributed by atoms with Crippen molar-refractivity contribution in [1.82, 2.24) is 19.9 Å². The Bertz CT molecular complexity index is 1170. The third-order valence-corrected chi connectivity index (χ3v) is 5.85. The lowest BCUT2D eigenvalue weighted by Gasteiger charge is -2.26. The molecule has 0 saturated carbocycles. The van der Waals surface area contributed by atoms with Crippen molar-refractivity contribution in [3.05, 3.63) is 53.6 Å². The lowest BCUT2D eigenvalue weighted by molar-refractivity contribution is 0.356. The second kappa shape index (κ2) is 8.89. The molecule has 7 nitrogen and oxygen atoms in total. The Morgan fingerprint density at radius 1 is 1.39 bits per heavy atom. The first-order chi connectivity index (χ1) is 15.0. The zero-order chi connectivity index (χ0) is 22.0. The van der Waals surface area contributed by atoms with Crippen LogP contribution in [0, 0.1) is 17.3 Å². The average Bonchev–Trinajstić information content (AvgIpc) is 3.36. The molecule has 4 rings (SSSR count). The van der Waals surface area contributed by atoms with E-state index in [4.69, 9.17) is 5.26 Å². The zero-order valence-electron chi connectivity index (χ0n) is 17.1. The van der Waals surface area contributed by atoms with Gasteiger partial charge in [0.15, 0.2) is 17.7 Å². The maximum absolute atomic E-state index is 14.5. The minimum absolute atomic E-state index is 0.157. The minimum Gasteiger partial charge on any atom is -0.345 e. The van der Waals surface area contributed by atoms with Crippen molar-refractivity contribution in [2.24, 2.45) is 4.99 Å². The summed E-state index contributed by atoms with van der Waals surface area (Å²) < 4.78 is 30.2. The second-order valence-electron chi connectivity index (χ2n) is 7.09. The van der Waals surface area contributed by atoms with Crippen LogP contribution in [0.5, 0.6) is 0 Å². The first-order valence-corrected chi connectivity index (χ1v) is 11.1. The maximum Gasteiger partial charge on any atom is 0.182 e. The number of nitriles is 1. The largest absolute Gasteiger partial charge is 0.345 e. The molecule has 3 aromatic rings. The van der Waals surface area contributed by atoms with Gasteiger partial charge in [-0.25, -0.2) is 18.3 Å². The van der Waals surface area contributed by atoms with Crippen molar-refractivity contribution < 1.29 is 8.78 Å². The predicted molar refractivity (Wildman–Crippen MR) is 117 cm³/mol. The highest BCUT2D eigenvalue weighted by atomic mass is 32.2. The average molecular weight is 442 g/mol. The fourth-order valence-corrected chi connectivity index (χ4v) is 4.31. The van der Waals surface area contributed by atoms with Crippen LogP contribution < -0.4 is 10.2 Å². The van der Waals surface area contributed by atoms with E-state index in [1.807, 2.05) is 30.3 Å². The zero-order valence-corrected chi connectivity index (χ0v) is 17.9. The van der Waals surface area contributed by atoms with Gasteiger partial charge in [-0.05, 0) is 49.1 Å². The van der Waals surface area contributed by atoms with Crippen LogP contribution >= 0.6 is 11.8 Å². The SMILES string of the molecule is CCN=C(NC#N)c1cnc2ccc(N3CC(F)CC3c3cc(F)cc(SC)c3)nn12. The van der Waals surface area contributed by atoms with Crippen molar-refractivity contribution in [3.63, 3.8) is 0 Å².